The smallest absolute Gasteiger partial charge is 0.279 e. The van der Waals surface area contributed by atoms with E-state index >= 15 is 0 Å². The van der Waals surface area contributed by atoms with Crippen LogP contribution in [0.4, 0.5) is 5.69 Å². The quantitative estimate of drug-likeness (QED) is 0.480. The van der Waals surface area contributed by atoms with Gasteiger partial charge in [-0.1, -0.05) is 25.1 Å². The summed E-state index contributed by atoms with van der Waals surface area (Å²) < 4.78 is 5.33. The van der Waals surface area contributed by atoms with Gasteiger partial charge in [-0.05, 0) is 37.1 Å². The molecule has 3 rings (SSSR count). The van der Waals surface area contributed by atoms with E-state index in [0.29, 0.717) is 13.1 Å². The highest BCUT2D eigenvalue weighted by molar-refractivity contribution is 5.92. The Hall–Kier alpha value is -2.64. The minimum Gasteiger partial charge on any atom is -0.467 e. The van der Waals surface area contributed by atoms with Gasteiger partial charge in [-0.2, -0.15) is 0 Å². The SMILES string of the molecule is CCc1ccccc1NC(=O)C[NH+]1CC[NH+](CC(=O)N[C@@H](C)c2ccco2)CC1. The topological polar surface area (TPSA) is 80.2 Å². The molecule has 2 aromatic rings. The molecule has 0 radical (unpaired) electrons. The van der Waals surface area contributed by atoms with Gasteiger partial charge < -0.3 is 24.9 Å². The zero-order valence-corrected chi connectivity index (χ0v) is 17.3. The first kappa shape index (κ1) is 21.1. The Morgan fingerprint density at radius 1 is 1.00 bits per heavy atom. The van der Waals surface area contributed by atoms with Crippen molar-refractivity contribution in [3.63, 3.8) is 0 Å². The fourth-order valence-corrected chi connectivity index (χ4v) is 3.81. The number of hydrogen-bond donors (Lipinski definition) is 4. The fraction of sp³-hybridized carbons (Fsp3) is 0.455. The van der Waals surface area contributed by atoms with Crippen molar-refractivity contribution < 1.29 is 23.8 Å². The highest BCUT2D eigenvalue weighted by Gasteiger charge is 2.27. The number of piperazine rings is 1. The van der Waals surface area contributed by atoms with Gasteiger partial charge in [0, 0.05) is 5.69 Å². The molecule has 0 unspecified atom stereocenters. The average molecular weight is 401 g/mol. The molecule has 4 N–H and O–H groups in total. The van der Waals surface area contributed by atoms with E-state index < -0.39 is 0 Å². The van der Waals surface area contributed by atoms with Crippen LogP contribution >= 0.6 is 0 Å². The number of aryl methyl sites for hydroxylation is 1. The molecule has 0 bridgehead atoms. The minimum atomic E-state index is -0.126. The average Bonchev–Trinajstić information content (AvgIpc) is 3.25. The van der Waals surface area contributed by atoms with Gasteiger partial charge in [-0.25, -0.2) is 0 Å². The predicted molar refractivity (Wildman–Crippen MR) is 111 cm³/mol. The number of rotatable bonds is 8. The molecule has 0 aliphatic carbocycles. The molecule has 7 nitrogen and oxygen atoms in total. The van der Waals surface area contributed by atoms with Crippen LogP contribution in [0.25, 0.3) is 0 Å². The van der Waals surface area contributed by atoms with Crippen molar-refractivity contribution in [1.29, 1.82) is 0 Å². The molecule has 29 heavy (non-hydrogen) atoms. The second-order valence-electron chi connectivity index (χ2n) is 7.72. The normalized spacial score (nSPS) is 20.1. The van der Waals surface area contributed by atoms with Crippen LogP contribution in [0.2, 0.25) is 0 Å². The number of furan rings is 1. The number of carbonyl (C=O) groups excluding carboxylic acids is 2. The molecular weight excluding hydrogens is 368 g/mol. The molecule has 0 spiro atoms. The molecule has 1 aliphatic heterocycles. The van der Waals surface area contributed by atoms with E-state index in [2.05, 4.69) is 17.6 Å². The van der Waals surface area contributed by atoms with Gasteiger partial charge in [0.05, 0.1) is 12.3 Å². The zero-order valence-electron chi connectivity index (χ0n) is 17.3. The van der Waals surface area contributed by atoms with Crippen LogP contribution in [0.3, 0.4) is 0 Å². The predicted octanol–water partition coefficient (Wildman–Crippen LogP) is -0.559. The molecule has 2 heterocycles. The van der Waals surface area contributed by atoms with Crippen LogP contribution in [0.5, 0.6) is 0 Å². The van der Waals surface area contributed by atoms with Crippen LogP contribution in [-0.4, -0.2) is 51.1 Å². The lowest BCUT2D eigenvalue weighted by molar-refractivity contribution is -1.00. The molecule has 1 aromatic carbocycles. The highest BCUT2D eigenvalue weighted by Crippen LogP contribution is 2.14. The van der Waals surface area contributed by atoms with Crippen LogP contribution < -0.4 is 20.4 Å². The largest absolute Gasteiger partial charge is 0.467 e. The lowest BCUT2D eigenvalue weighted by Crippen LogP contribution is -3.28. The number of carbonyl (C=O) groups is 2. The highest BCUT2D eigenvalue weighted by atomic mass is 16.3. The molecular formula is C22H32N4O3+2. The summed E-state index contributed by atoms with van der Waals surface area (Å²) >= 11 is 0. The number of para-hydroxylation sites is 1. The van der Waals surface area contributed by atoms with Gasteiger partial charge in [0.25, 0.3) is 11.8 Å². The third kappa shape index (κ3) is 6.17. The van der Waals surface area contributed by atoms with E-state index in [1.165, 1.54) is 9.80 Å². The first-order valence-electron chi connectivity index (χ1n) is 10.4. The molecule has 0 saturated carbocycles. The lowest BCUT2D eigenvalue weighted by atomic mass is 10.1. The Bertz CT molecular complexity index is 798. The van der Waals surface area contributed by atoms with Crippen LogP contribution in [0.1, 0.15) is 31.2 Å². The summed E-state index contributed by atoms with van der Waals surface area (Å²) in [5.41, 5.74) is 2.06. The summed E-state index contributed by atoms with van der Waals surface area (Å²) in [5.74, 6) is 0.842. The van der Waals surface area contributed by atoms with Crippen molar-refractivity contribution in [3.05, 3.63) is 54.0 Å². The maximum atomic E-state index is 12.4. The first-order chi connectivity index (χ1) is 14.0. The molecule has 1 saturated heterocycles. The van der Waals surface area contributed by atoms with Crippen molar-refractivity contribution in [2.75, 3.05) is 44.6 Å². The maximum absolute atomic E-state index is 12.4. The van der Waals surface area contributed by atoms with E-state index in [1.54, 1.807) is 6.26 Å². The number of amides is 2. The number of hydrogen-bond acceptors (Lipinski definition) is 3. The minimum absolute atomic E-state index is 0.0289. The van der Waals surface area contributed by atoms with Crippen molar-refractivity contribution in [3.8, 4) is 0 Å². The molecule has 1 fully saturated rings. The second-order valence-corrected chi connectivity index (χ2v) is 7.72. The lowest BCUT2D eigenvalue weighted by Gasteiger charge is -2.29. The Balaban J connectivity index is 1.38. The monoisotopic (exact) mass is 400 g/mol. The first-order valence-corrected chi connectivity index (χ1v) is 10.4. The van der Waals surface area contributed by atoms with E-state index in [9.17, 15) is 9.59 Å². The molecule has 2 amide bonds. The summed E-state index contributed by atoms with van der Waals surface area (Å²) in [4.78, 5) is 27.3. The number of anilines is 1. The Labute approximate surface area is 172 Å². The van der Waals surface area contributed by atoms with Crippen molar-refractivity contribution in [1.82, 2.24) is 5.32 Å². The van der Waals surface area contributed by atoms with Gasteiger partial charge in [-0.3, -0.25) is 9.59 Å². The van der Waals surface area contributed by atoms with E-state index in [4.69, 9.17) is 4.42 Å². The van der Waals surface area contributed by atoms with Gasteiger partial charge >= 0.3 is 0 Å². The zero-order chi connectivity index (χ0) is 20.6. The second kappa shape index (κ2) is 10.2. The third-order valence-electron chi connectivity index (χ3n) is 5.51. The van der Waals surface area contributed by atoms with Crippen molar-refractivity contribution >= 4 is 17.5 Å². The third-order valence-corrected chi connectivity index (χ3v) is 5.51. The summed E-state index contributed by atoms with van der Waals surface area (Å²) in [6.07, 6.45) is 2.51. The molecule has 1 aromatic heterocycles. The van der Waals surface area contributed by atoms with E-state index in [-0.39, 0.29) is 17.9 Å². The summed E-state index contributed by atoms with van der Waals surface area (Å²) in [6.45, 7) is 8.47. The Kier molecular flexibility index (Phi) is 7.43. The summed E-state index contributed by atoms with van der Waals surface area (Å²) in [7, 11) is 0. The number of nitrogens with one attached hydrogen (secondary N) is 4. The van der Waals surface area contributed by atoms with Crippen molar-refractivity contribution in [2.45, 2.75) is 26.3 Å². The Morgan fingerprint density at radius 3 is 2.28 bits per heavy atom. The standard InChI is InChI=1S/C22H30N4O3/c1-3-18-7-4-5-8-19(18)24-22(28)16-26-12-10-25(11-13-26)15-21(27)23-17(2)20-9-6-14-29-20/h4-9,14,17H,3,10-13,15-16H2,1-2H3,(H,23,27)(H,24,28)/p+2/t17-/m0/s1. The molecule has 7 heteroatoms. The molecule has 1 aliphatic rings. The fourth-order valence-electron chi connectivity index (χ4n) is 3.81. The number of quaternary nitrogens is 2. The van der Waals surface area contributed by atoms with Crippen LogP contribution in [-0.2, 0) is 16.0 Å². The summed E-state index contributed by atoms with van der Waals surface area (Å²) in [6, 6.07) is 11.5. The van der Waals surface area contributed by atoms with Crippen molar-refractivity contribution in [2.24, 2.45) is 0 Å². The van der Waals surface area contributed by atoms with E-state index in [0.717, 1.165) is 49.6 Å². The van der Waals surface area contributed by atoms with E-state index in [1.807, 2.05) is 43.3 Å². The Morgan fingerprint density at radius 2 is 1.66 bits per heavy atom. The molecule has 156 valence electrons. The van der Waals surface area contributed by atoms with Gasteiger partial charge in [0.1, 0.15) is 31.9 Å². The molecule has 1 atom stereocenters. The van der Waals surface area contributed by atoms with Gasteiger partial charge in [0.2, 0.25) is 0 Å². The van der Waals surface area contributed by atoms with Crippen LogP contribution in [0, 0.1) is 0 Å². The van der Waals surface area contributed by atoms with Crippen LogP contribution in [0.15, 0.2) is 47.1 Å². The maximum Gasteiger partial charge on any atom is 0.279 e. The van der Waals surface area contributed by atoms with Gasteiger partial charge in [-0.15, -0.1) is 0 Å². The summed E-state index contributed by atoms with van der Waals surface area (Å²) in [5, 5.41) is 6.03. The number of benzene rings is 1. The van der Waals surface area contributed by atoms with Gasteiger partial charge in [0.15, 0.2) is 13.1 Å².